The van der Waals surface area contributed by atoms with Crippen molar-refractivity contribution in [2.45, 2.75) is 31.7 Å². The highest BCUT2D eigenvalue weighted by Crippen LogP contribution is 2.33. The number of hydrogen-bond acceptors (Lipinski definition) is 3. The van der Waals surface area contributed by atoms with Crippen LogP contribution in [0.3, 0.4) is 0 Å². The summed E-state index contributed by atoms with van der Waals surface area (Å²) in [6, 6.07) is 9.00. The minimum absolute atomic E-state index is 0.593. The maximum absolute atomic E-state index is 5.82. The first-order valence-electron chi connectivity index (χ1n) is 6.75. The van der Waals surface area contributed by atoms with Crippen LogP contribution in [0.5, 0.6) is 5.75 Å². The Kier molecular flexibility index (Phi) is 5.02. The van der Waals surface area contributed by atoms with Crippen LogP contribution in [0.4, 0.5) is 0 Å². The number of piperidine rings is 1. The standard InChI is InChI=1S/C15H23NO2/c1-12-11-13(7-8-16-12)14-5-3-4-6-15(14)18-10-9-17-2/h3-6,12-13,16H,7-11H2,1-2H3. The lowest BCUT2D eigenvalue weighted by Gasteiger charge is -2.29. The zero-order chi connectivity index (χ0) is 12.8. The van der Waals surface area contributed by atoms with E-state index in [1.165, 1.54) is 18.4 Å². The van der Waals surface area contributed by atoms with Crippen molar-refractivity contribution in [1.82, 2.24) is 5.32 Å². The molecule has 1 aromatic rings. The van der Waals surface area contributed by atoms with Crippen LogP contribution in [0.15, 0.2) is 24.3 Å². The van der Waals surface area contributed by atoms with Gasteiger partial charge in [-0.25, -0.2) is 0 Å². The van der Waals surface area contributed by atoms with Crippen molar-refractivity contribution in [2.24, 2.45) is 0 Å². The second-order valence-electron chi connectivity index (χ2n) is 4.96. The molecule has 1 heterocycles. The molecule has 18 heavy (non-hydrogen) atoms. The highest BCUT2D eigenvalue weighted by Gasteiger charge is 2.22. The fourth-order valence-electron chi connectivity index (χ4n) is 2.60. The Morgan fingerprint density at radius 1 is 1.28 bits per heavy atom. The lowest BCUT2D eigenvalue weighted by Crippen LogP contribution is -2.35. The van der Waals surface area contributed by atoms with E-state index in [0.717, 1.165) is 12.3 Å². The van der Waals surface area contributed by atoms with E-state index in [-0.39, 0.29) is 0 Å². The molecule has 1 N–H and O–H groups in total. The van der Waals surface area contributed by atoms with Crippen LogP contribution in [0.1, 0.15) is 31.2 Å². The Balaban J connectivity index is 2.06. The number of nitrogens with one attached hydrogen (secondary N) is 1. The number of para-hydroxylation sites is 1. The molecule has 3 nitrogen and oxygen atoms in total. The Morgan fingerprint density at radius 3 is 2.89 bits per heavy atom. The molecule has 1 aliphatic rings. The average molecular weight is 249 g/mol. The van der Waals surface area contributed by atoms with E-state index in [4.69, 9.17) is 9.47 Å². The van der Waals surface area contributed by atoms with Gasteiger partial charge in [0.25, 0.3) is 0 Å². The van der Waals surface area contributed by atoms with Gasteiger partial charge in [0.2, 0.25) is 0 Å². The summed E-state index contributed by atoms with van der Waals surface area (Å²) in [5.74, 6) is 1.63. The first-order valence-corrected chi connectivity index (χ1v) is 6.75. The quantitative estimate of drug-likeness (QED) is 0.814. The fraction of sp³-hybridized carbons (Fsp3) is 0.600. The Bertz CT molecular complexity index is 367. The van der Waals surface area contributed by atoms with Crippen molar-refractivity contribution in [3.63, 3.8) is 0 Å². The summed E-state index contributed by atoms with van der Waals surface area (Å²) in [4.78, 5) is 0. The van der Waals surface area contributed by atoms with Gasteiger partial charge in [0.05, 0.1) is 6.61 Å². The number of ether oxygens (including phenoxy) is 2. The second kappa shape index (κ2) is 6.76. The van der Waals surface area contributed by atoms with Gasteiger partial charge in [-0.3, -0.25) is 0 Å². The molecule has 1 aliphatic heterocycles. The Hall–Kier alpha value is -1.06. The Morgan fingerprint density at radius 2 is 2.11 bits per heavy atom. The summed E-state index contributed by atoms with van der Waals surface area (Å²) in [5, 5.41) is 3.49. The molecule has 0 saturated carbocycles. The Labute approximate surface area is 109 Å². The van der Waals surface area contributed by atoms with E-state index in [0.29, 0.717) is 25.2 Å². The van der Waals surface area contributed by atoms with E-state index >= 15 is 0 Å². The lowest BCUT2D eigenvalue weighted by atomic mass is 9.86. The smallest absolute Gasteiger partial charge is 0.122 e. The van der Waals surface area contributed by atoms with Crippen LogP contribution in [0.2, 0.25) is 0 Å². The summed E-state index contributed by atoms with van der Waals surface area (Å²) in [6.45, 7) is 4.60. The van der Waals surface area contributed by atoms with E-state index in [1.807, 2.05) is 6.07 Å². The normalized spacial score (nSPS) is 23.9. The van der Waals surface area contributed by atoms with Gasteiger partial charge in [0.1, 0.15) is 12.4 Å². The molecule has 2 unspecified atom stereocenters. The van der Waals surface area contributed by atoms with Crippen molar-refractivity contribution in [1.29, 1.82) is 0 Å². The van der Waals surface area contributed by atoms with Crippen molar-refractivity contribution in [2.75, 3.05) is 26.9 Å². The summed E-state index contributed by atoms with van der Waals surface area (Å²) >= 11 is 0. The molecular formula is C15H23NO2. The molecule has 2 atom stereocenters. The van der Waals surface area contributed by atoms with Gasteiger partial charge >= 0.3 is 0 Å². The van der Waals surface area contributed by atoms with Crippen molar-refractivity contribution < 1.29 is 9.47 Å². The minimum Gasteiger partial charge on any atom is -0.491 e. The molecule has 1 saturated heterocycles. The third-order valence-corrected chi connectivity index (χ3v) is 3.53. The molecule has 0 aromatic heterocycles. The van der Waals surface area contributed by atoms with Crippen LogP contribution in [-0.2, 0) is 4.74 Å². The van der Waals surface area contributed by atoms with Crippen molar-refractivity contribution >= 4 is 0 Å². The van der Waals surface area contributed by atoms with Crippen LogP contribution >= 0.6 is 0 Å². The number of rotatable bonds is 5. The maximum Gasteiger partial charge on any atom is 0.122 e. The molecule has 3 heteroatoms. The molecule has 0 aliphatic carbocycles. The van der Waals surface area contributed by atoms with Crippen LogP contribution in [0.25, 0.3) is 0 Å². The largest absolute Gasteiger partial charge is 0.491 e. The number of hydrogen-bond donors (Lipinski definition) is 1. The van der Waals surface area contributed by atoms with Gasteiger partial charge in [-0.15, -0.1) is 0 Å². The monoisotopic (exact) mass is 249 g/mol. The molecule has 0 spiro atoms. The van der Waals surface area contributed by atoms with Crippen molar-refractivity contribution in [3.8, 4) is 5.75 Å². The van der Waals surface area contributed by atoms with Gasteiger partial charge in [-0.2, -0.15) is 0 Å². The summed E-state index contributed by atoms with van der Waals surface area (Å²) in [6.07, 6.45) is 2.37. The molecule has 2 rings (SSSR count). The topological polar surface area (TPSA) is 30.5 Å². The molecule has 0 bridgehead atoms. The van der Waals surface area contributed by atoms with Crippen molar-refractivity contribution in [3.05, 3.63) is 29.8 Å². The zero-order valence-electron chi connectivity index (χ0n) is 11.3. The van der Waals surface area contributed by atoms with E-state index in [2.05, 4.69) is 30.4 Å². The van der Waals surface area contributed by atoms with Crippen LogP contribution < -0.4 is 10.1 Å². The third-order valence-electron chi connectivity index (χ3n) is 3.53. The van der Waals surface area contributed by atoms with E-state index < -0.39 is 0 Å². The highest BCUT2D eigenvalue weighted by molar-refractivity contribution is 5.36. The predicted molar refractivity (Wildman–Crippen MR) is 73.3 cm³/mol. The molecule has 0 radical (unpaired) electrons. The van der Waals surface area contributed by atoms with Gasteiger partial charge < -0.3 is 14.8 Å². The van der Waals surface area contributed by atoms with Gasteiger partial charge in [0, 0.05) is 13.2 Å². The van der Waals surface area contributed by atoms with Gasteiger partial charge in [-0.05, 0) is 43.9 Å². The van der Waals surface area contributed by atoms with Crippen LogP contribution in [0, 0.1) is 0 Å². The predicted octanol–water partition coefficient (Wildman–Crippen LogP) is 2.57. The molecule has 1 fully saturated rings. The first kappa shape index (κ1) is 13.4. The number of methoxy groups -OCH3 is 1. The second-order valence-corrected chi connectivity index (χ2v) is 4.96. The first-order chi connectivity index (χ1) is 8.81. The zero-order valence-corrected chi connectivity index (χ0v) is 11.3. The molecular weight excluding hydrogens is 226 g/mol. The third kappa shape index (κ3) is 3.47. The minimum atomic E-state index is 0.593. The summed E-state index contributed by atoms with van der Waals surface area (Å²) in [5.41, 5.74) is 1.35. The van der Waals surface area contributed by atoms with E-state index in [1.54, 1.807) is 7.11 Å². The van der Waals surface area contributed by atoms with E-state index in [9.17, 15) is 0 Å². The molecule has 0 amide bonds. The van der Waals surface area contributed by atoms with Gasteiger partial charge in [0.15, 0.2) is 0 Å². The number of benzene rings is 1. The summed E-state index contributed by atoms with van der Waals surface area (Å²) in [7, 11) is 1.70. The fourth-order valence-corrected chi connectivity index (χ4v) is 2.60. The molecule has 1 aromatic carbocycles. The molecule has 100 valence electrons. The van der Waals surface area contributed by atoms with Gasteiger partial charge in [-0.1, -0.05) is 18.2 Å². The lowest BCUT2D eigenvalue weighted by molar-refractivity contribution is 0.145. The maximum atomic E-state index is 5.82. The SMILES string of the molecule is COCCOc1ccccc1C1CCNC(C)C1. The summed E-state index contributed by atoms with van der Waals surface area (Å²) < 4.78 is 10.9. The highest BCUT2D eigenvalue weighted by atomic mass is 16.5. The average Bonchev–Trinajstić information content (AvgIpc) is 2.40. The van der Waals surface area contributed by atoms with Crippen LogP contribution in [-0.4, -0.2) is 32.9 Å².